The van der Waals surface area contributed by atoms with Crippen LogP contribution in [0.25, 0.3) is 0 Å². The van der Waals surface area contributed by atoms with E-state index >= 15 is 0 Å². The standard InChI is InChI=1S/C18H25FN2O3/c1-12(21-18(22)9-15-11-23-7-6-20-15)14-4-5-17(16(19)8-14)24-10-13-2-3-13/h4-5,8,12-13,15,20H,2-3,6-7,9-11H2,1H3,(H,21,22). The minimum atomic E-state index is -0.378. The van der Waals surface area contributed by atoms with Gasteiger partial charge in [0.2, 0.25) is 5.91 Å². The highest BCUT2D eigenvalue weighted by atomic mass is 19.1. The average Bonchev–Trinajstić information content (AvgIpc) is 3.38. The zero-order valence-corrected chi connectivity index (χ0v) is 14.0. The number of amides is 1. The van der Waals surface area contributed by atoms with Crippen LogP contribution in [0.4, 0.5) is 4.39 Å². The third kappa shape index (κ3) is 4.92. The number of carbonyl (C=O) groups is 1. The first-order valence-electron chi connectivity index (χ1n) is 8.64. The Kier molecular flexibility index (Phi) is 5.68. The molecule has 24 heavy (non-hydrogen) atoms. The van der Waals surface area contributed by atoms with Crippen LogP contribution in [0.1, 0.15) is 37.8 Å². The lowest BCUT2D eigenvalue weighted by molar-refractivity contribution is -0.122. The molecule has 1 saturated heterocycles. The molecule has 1 heterocycles. The van der Waals surface area contributed by atoms with E-state index in [9.17, 15) is 9.18 Å². The van der Waals surface area contributed by atoms with Gasteiger partial charge in [0.25, 0.3) is 0 Å². The number of hydrogen-bond acceptors (Lipinski definition) is 4. The van der Waals surface area contributed by atoms with Crippen molar-refractivity contribution in [2.45, 2.75) is 38.3 Å². The minimum absolute atomic E-state index is 0.0425. The molecule has 1 aromatic rings. The Labute approximate surface area is 141 Å². The number of nitrogens with one attached hydrogen (secondary N) is 2. The number of rotatable bonds is 7. The summed E-state index contributed by atoms with van der Waals surface area (Å²) in [6, 6.07) is 4.68. The van der Waals surface area contributed by atoms with Gasteiger partial charge in [-0.2, -0.15) is 0 Å². The van der Waals surface area contributed by atoms with Gasteiger partial charge in [-0.25, -0.2) is 4.39 Å². The number of hydrogen-bond donors (Lipinski definition) is 2. The molecule has 132 valence electrons. The van der Waals surface area contributed by atoms with Gasteiger partial charge in [-0.15, -0.1) is 0 Å². The number of morpholine rings is 1. The Morgan fingerprint density at radius 3 is 3.00 bits per heavy atom. The van der Waals surface area contributed by atoms with Crippen molar-refractivity contribution in [3.8, 4) is 5.75 Å². The van der Waals surface area contributed by atoms with E-state index in [4.69, 9.17) is 9.47 Å². The lowest BCUT2D eigenvalue weighted by atomic mass is 10.1. The number of halogens is 1. The smallest absolute Gasteiger partial charge is 0.222 e. The zero-order valence-electron chi connectivity index (χ0n) is 14.0. The normalized spacial score (nSPS) is 22.0. The predicted octanol–water partition coefficient (Wildman–Crippen LogP) is 2.17. The number of ether oxygens (including phenoxy) is 2. The van der Waals surface area contributed by atoms with Crippen LogP contribution in [0.5, 0.6) is 5.75 Å². The van der Waals surface area contributed by atoms with Crippen LogP contribution >= 0.6 is 0 Å². The Morgan fingerprint density at radius 2 is 2.33 bits per heavy atom. The average molecular weight is 336 g/mol. The summed E-state index contributed by atoms with van der Waals surface area (Å²) in [4.78, 5) is 12.1. The summed E-state index contributed by atoms with van der Waals surface area (Å²) in [6.45, 7) is 4.43. The summed E-state index contributed by atoms with van der Waals surface area (Å²) in [7, 11) is 0. The van der Waals surface area contributed by atoms with Crippen molar-refractivity contribution in [3.63, 3.8) is 0 Å². The van der Waals surface area contributed by atoms with E-state index in [2.05, 4.69) is 10.6 Å². The number of benzene rings is 1. The molecule has 2 N–H and O–H groups in total. The molecule has 2 unspecified atom stereocenters. The van der Waals surface area contributed by atoms with Crippen LogP contribution < -0.4 is 15.4 Å². The van der Waals surface area contributed by atoms with E-state index in [1.165, 1.54) is 18.9 Å². The molecule has 1 aromatic carbocycles. The second kappa shape index (κ2) is 7.94. The van der Waals surface area contributed by atoms with Gasteiger partial charge in [-0.1, -0.05) is 6.07 Å². The van der Waals surface area contributed by atoms with Crippen molar-refractivity contribution >= 4 is 5.91 Å². The maximum Gasteiger partial charge on any atom is 0.222 e. The second-order valence-electron chi connectivity index (χ2n) is 6.66. The van der Waals surface area contributed by atoms with Crippen LogP contribution in [-0.2, 0) is 9.53 Å². The molecule has 2 atom stereocenters. The third-order valence-electron chi connectivity index (χ3n) is 4.44. The largest absolute Gasteiger partial charge is 0.490 e. The van der Waals surface area contributed by atoms with E-state index in [1.54, 1.807) is 12.1 Å². The first-order valence-corrected chi connectivity index (χ1v) is 8.64. The van der Waals surface area contributed by atoms with Crippen molar-refractivity contribution in [3.05, 3.63) is 29.6 Å². The fraction of sp³-hybridized carbons (Fsp3) is 0.611. The van der Waals surface area contributed by atoms with Crippen molar-refractivity contribution in [2.75, 3.05) is 26.4 Å². The van der Waals surface area contributed by atoms with Gasteiger partial charge in [0.15, 0.2) is 11.6 Å². The molecule has 5 nitrogen and oxygen atoms in total. The van der Waals surface area contributed by atoms with Gasteiger partial charge in [0.05, 0.1) is 25.9 Å². The van der Waals surface area contributed by atoms with Crippen molar-refractivity contribution in [1.82, 2.24) is 10.6 Å². The van der Waals surface area contributed by atoms with E-state index < -0.39 is 0 Å². The summed E-state index contributed by atoms with van der Waals surface area (Å²) in [5.74, 6) is 0.420. The molecule has 1 saturated carbocycles. The Morgan fingerprint density at radius 1 is 1.50 bits per heavy atom. The maximum absolute atomic E-state index is 14.1. The number of carbonyl (C=O) groups excluding carboxylic acids is 1. The molecule has 6 heteroatoms. The fourth-order valence-electron chi connectivity index (χ4n) is 2.75. The maximum atomic E-state index is 14.1. The topological polar surface area (TPSA) is 59.6 Å². The molecule has 0 radical (unpaired) electrons. The van der Waals surface area contributed by atoms with Crippen LogP contribution in [-0.4, -0.2) is 38.3 Å². The van der Waals surface area contributed by atoms with E-state index in [-0.39, 0.29) is 29.6 Å². The molecule has 1 amide bonds. The molecule has 1 aliphatic heterocycles. The molecule has 2 aliphatic rings. The summed E-state index contributed by atoms with van der Waals surface area (Å²) in [5.41, 5.74) is 0.729. The molecule has 2 fully saturated rings. The summed E-state index contributed by atoms with van der Waals surface area (Å²) < 4.78 is 25.0. The molecule has 0 spiro atoms. The van der Waals surface area contributed by atoms with Gasteiger partial charge in [0.1, 0.15) is 0 Å². The summed E-state index contributed by atoms with van der Waals surface area (Å²) >= 11 is 0. The Hall–Kier alpha value is -1.66. The minimum Gasteiger partial charge on any atom is -0.490 e. The predicted molar refractivity (Wildman–Crippen MR) is 88.4 cm³/mol. The monoisotopic (exact) mass is 336 g/mol. The van der Waals surface area contributed by atoms with Crippen LogP contribution in [0, 0.1) is 11.7 Å². The van der Waals surface area contributed by atoms with Crippen molar-refractivity contribution < 1.29 is 18.7 Å². The molecule has 0 bridgehead atoms. The quantitative estimate of drug-likeness (QED) is 0.801. The fourth-order valence-corrected chi connectivity index (χ4v) is 2.75. The Bertz CT molecular complexity index is 571. The first-order chi connectivity index (χ1) is 11.6. The first kappa shape index (κ1) is 17.2. The molecular weight excluding hydrogens is 311 g/mol. The Balaban J connectivity index is 1.50. The van der Waals surface area contributed by atoms with Gasteiger partial charge in [-0.3, -0.25) is 4.79 Å². The highest BCUT2D eigenvalue weighted by Gasteiger charge is 2.23. The van der Waals surface area contributed by atoms with Crippen LogP contribution in [0.15, 0.2) is 18.2 Å². The molecular formula is C18H25FN2O3. The van der Waals surface area contributed by atoms with Gasteiger partial charge < -0.3 is 20.1 Å². The van der Waals surface area contributed by atoms with E-state index in [0.29, 0.717) is 32.2 Å². The van der Waals surface area contributed by atoms with E-state index in [1.807, 2.05) is 6.92 Å². The van der Waals surface area contributed by atoms with Gasteiger partial charge in [-0.05, 0) is 43.4 Å². The summed E-state index contributed by atoms with van der Waals surface area (Å²) in [5, 5.41) is 6.15. The van der Waals surface area contributed by atoms with Crippen LogP contribution in [0.3, 0.4) is 0 Å². The lowest BCUT2D eigenvalue weighted by Gasteiger charge is -2.24. The molecule has 1 aliphatic carbocycles. The van der Waals surface area contributed by atoms with Crippen LogP contribution in [0.2, 0.25) is 0 Å². The lowest BCUT2D eigenvalue weighted by Crippen LogP contribution is -2.44. The van der Waals surface area contributed by atoms with Crippen molar-refractivity contribution in [2.24, 2.45) is 5.92 Å². The van der Waals surface area contributed by atoms with E-state index in [0.717, 1.165) is 12.1 Å². The van der Waals surface area contributed by atoms with Gasteiger partial charge >= 0.3 is 0 Å². The highest BCUT2D eigenvalue weighted by Crippen LogP contribution is 2.30. The third-order valence-corrected chi connectivity index (χ3v) is 4.44. The highest BCUT2D eigenvalue weighted by molar-refractivity contribution is 5.77. The van der Waals surface area contributed by atoms with Crippen molar-refractivity contribution in [1.29, 1.82) is 0 Å². The SMILES string of the molecule is CC(NC(=O)CC1COCCN1)c1ccc(OCC2CC2)c(F)c1. The summed E-state index contributed by atoms with van der Waals surface area (Å²) in [6.07, 6.45) is 2.70. The molecule has 0 aromatic heterocycles. The zero-order chi connectivity index (χ0) is 16.9. The second-order valence-corrected chi connectivity index (χ2v) is 6.66. The van der Waals surface area contributed by atoms with Gasteiger partial charge in [0, 0.05) is 19.0 Å². The molecule has 3 rings (SSSR count).